The molecule has 0 spiro atoms. The van der Waals surface area contributed by atoms with Crippen LogP contribution in [0.25, 0.3) is 0 Å². The van der Waals surface area contributed by atoms with Gasteiger partial charge in [0.2, 0.25) is 11.9 Å². The molecule has 3 aromatic rings. The number of anilines is 1. The fraction of sp³-hybridized carbons (Fsp3) is 0.250. The number of nitrogens with one attached hydrogen (secondary N) is 1. The van der Waals surface area contributed by atoms with Crippen LogP contribution >= 0.6 is 23.2 Å². The predicted molar refractivity (Wildman–Crippen MR) is 95.8 cm³/mol. The minimum atomic E-state index is -0.193. The first-order chi connectivity index (χ1) is 12.0. The van der Waals surface area contributed by atoms with Gasteiger partial charge in [0.05, 0.1) is 30.0 Å². The summed E-state index contributed by atoms with van der Waals surface area (Å²) >= 11 is 12.1. The Kier molecular flexibility index (Phi) is 5.35. The van der Waals surface area contributed by atoms with E-state index in [1.165, 1.54) is 0 Å². The summed E-state index contributed by atoms with van der Waals surface area (Å²) in [5, 5.41) is 12.3. The molecule has 1 N–H and O–H groups in total. The Morgan fingerprint density at radius 3 is 2.76 bits per heavy atom. The Bertz CT molecular complexity index is 888. The zero-order valence-corrected chi connectivity index (χ0v) is 15.0. The van der Waals surface area contributed by atoms with Gasteiger partial charge in [-0.2, -0.15) is 5.10 Å². The lowest BCUT2D eigenvalue weighted by Crippen LogP contribution is -2.16. The SMILES string of the molecule is Cc1c(Cl)cnn1CCC(=O)Nc1ncn(Cc2ccccc2Cl)n1. The van der Waals surface area contributed by atoms with E-state index in [4.69, 9.17) is 23.2 Å². The molecule has 2 aromatic heterocycles. The van der Waals surface area contributed by atoms with Crippen molar-refractivity contribution in [1.29, 1.82) is 0 Å². The molecule has 25 heavy (non-hydrogen) atoms. The third kappa shape index (κ3) is 4.37. The molecule has 0 aliphatic heterocycles. The number of carbonyl (C=O) groups is 1. The minimum absolute atomic E-state index is 0.193. The molecule has 0 bridgehead atoms. The van der Waals surface area contributed by atoms with Crippen molar-refractivity contribution in [2.45, 2.75) is 26.4 Å². The second kappa shape index (κ2) is 7.67. The molecule has 1 aromatic carbocycles. The van der Waals surface area contributed by atoms with Gasteiger partial charge in [-0.1, -0.05) is 41.4 Å². The highest BCUT2D eigenvalue weighted by molar-refractivity contribution is 6.31. The molecule has 0 aliphatic carbocycles. The van der Waals surface area contributed by atoms with E-state index in [1.54, 1.807) is 21.9 Å². The molecule has 0 saturated carbocycles. The fourth-order valence-electron chi connectivity index (χ4n) is 2.27. The van der Waals surface area contributed by atoms with Crippen molar-refractivity contribution >= 4 is 35.1 Å². The lowest BCUT2D eigenvalue weighted by atomic mass is 10.2. The number of aromatic nitrogens is 5. The van der Waals surface area contributed by atoms with Gasteiger partial charge in [-0.25, -0.2) is 9.67 Å². The second-order valence-corrected chi connectivity index (χ2v) is 6.27. The Hall–Kier alpha value is -2.38. The third-order valence-electron chi connectivity index (χ3n) is 3.67. The second-order valence-electron chi connectivity index (χ2n) is 5.46. The number of hydrogen-bond donors (Lipinski definition) is 1. The van der Waals surface area contributed by atoms with Gasteiger partial charge < -0.3 is 0 Å². The van der Waals surface area contributed by atoms with E-state index in [-0.39, 0.29) is 18.3 Å². The topological polar surface area (TPSA) is 77.6 Å². The van der Waals surface area contributed by atoms with Gasteiger partial charge in [0.1, 0.15) is 6.33 Å². The molecule has 0 atom stereocenters. The van der Waals surface area contributed by atoms with Gasteiger partial charge in [0.15, 0.2) is 0 Å². The van der Waals surface area contributed by atoms with Gasteiger partial charge in [-0.05, 0) is 18.6 Å². The first-order valence-corrected chi connectivity index (χ1v) is 8.39. The number of hydrogen-bond acceptors (Lipinski definition) is 4. The first-order valence-electron chi connectivity index (χ1n) is 7.63. The zero-order valence-electron chi connectivity index (χ0n) is 13.5. The number of benzene rings is 1. The lowest BCUT2D eigenvalue weighted by molar-refractivity contribution is -0.116. The molecule has 0 unspecified atom stereocenters. The lowest BCUT2D eigenvalue weighted by Gasteiger charge is -2.05. The number of aryl methyl sites for hydroxylation is 1. The van der Waals surface area contributed by atoms with Crippen LogP contribution in [-0.4, -0.2) is 30.5 Å². The van der Waals surface area contributed by atoms with Crippen molar-refractivity contribution in [3.63, 3.8) is 0 Å². The van der Waals surface area contributed by atoms with Crippen molar-refractivity contribution in [3.8, 4) is 0 Å². The largest absolute Gasteiger partial charge is 0.293 e. The van der Waals surface area contributed by atoms with Gasteiger partial charge in [-0.3, -0.25) is 14.8 Å². The molecule has 7 nitrogen and oxygen atoms in total. The van der Waals surface area contributed by atoms with E-state index < -0.39 is 0 Å². The molecule has 0 fully saturated rings. The maximum Gasteiger partial charge on any atom is 0.248 e. The number of rotatable bonds is 6. The summed E-state index contributed by atoms with van der Waals surface area (Å²) in [6, 6.07) is 7.51. The van der Waals surface area contributed by atoms with Crippen molar-refractivity contribution in [2.24, 2.45) is 0 Å². The van der Waals surface area contributed by atoms with E-state index in [2.05, 4.69) is 20.5 Å². The Morgan fingerprint density at radius 2 is 2.04 bits per heavy atom. The summed E-state index contributed by atoms with van der Waals surface area (Å²) in [5.74, 6) is 0.0637. The van der Waals surface area contributed by atoms with Gasteiger partial charge in [0.25, 0.3) is 0 Å². The van der Waals surface area contributed by atoms with Crippen LogP contribution < -0.4 is 5.32 Å². The van der Waals surface area contributed by atoms with E-state index >= 15 is 0 Å². The van der Waals surface area contributed by atoms with Crippen LogP contribution in [0.5, 0.6) is 0 Å². The first kappa shape index (κ1) is 17.4. The zero-order chi connectivity index (χ0) is 17.8. The average molecular weight is 379 g/mol. The van der Waals surface area contributed by atoms with E-state index in [0.717, 1.165) is 11.3 Å². The van der Waals surface area contributed by atoms with E-state index in [1.807, 2.05) is 31.2 Å². The Balaban J connectivity index is 1.55. The van der Waals surface area contributed by atoms with E-state index in [9.17, 15) is 4.79 Å². The standard InChI is InChI=1S/C16H16Cl2N6O/c1-11-14(18)8-20-24(11)7-6-15(25)21-16-19-10-23(22-16)9-12-4-2-3-5-13(12)17/h2-5,8,10H,6-7,9H2,1H3,(H,21,22,25). The van der Waals surface area contributed by atoms with Gasteiger partial charge in [-0.15, -0.1) is 5.10 Å². The van der Waals surface area contributed by atoms with Crippen LogP contribution in [0.1, 0.15) is 17.7 Å². The van der Waals surface area contributed by atoms with Crippen LogP contribution in [0.4, 0.5) is 5.95 Å². The summed E-state index contributed by atoms with van der Waals surface area (Å²) in [7, 11) is 0. The molecule has 9 heteroatoms. The molecule has 0 radical (unpaired) electrons. The Morgan fingerprint density at radius 1 is 1.24 bits per heavy atom. The normalized spacial score (nSPS) is 10.8. The van der Waals surface area contributed by atoms with Crippen LogP contribution in [0, 0.1) is 6.92 Å². The molecule has 0 aliphatic rings. The highest BCUT2D eigenvalue weighted by atomic mass is 35.5. The molecule has 1 amide bonds. The fourth-order valence-corrected chi connectivity index (χ4v) is 2.61. The summed E-state index contributed by atoms with van der Waals surface area (Å²) in [4.78, 5) is 16.1. The molecule has 3 rings (SSSR count). The van der Waals surface area contributed by atoms with E-state index in [0.29, 0.717) is 23.1 Å². The maximum absolute atomic E-state index is 12.0. The number of halogens is 2. The monoisotopic (exact) mass is 378 g/mol. The summed E-state index contributed by atoms with van der Waals surface area (Å²) in [6.07, 6.45) is 3.36. The number of nitrogens with zero attached hydrogens (tertiary/aromatic N) is 5. The van der Waals surface area contributed by atoms with Gasteiger partial charge in [0, 0.05) is 11.4 Å². The molecule has 2 heterocycles. The van der Waals surface area contributed by atoms with Crippen LogP contribution in [0.3, 0.4) is 0 Å². The maximum atomic E-state index is 12.0. The van der Waals surface area contributed by atoms with Crippen molar-refractivity contribution in [2.75, 3.05) is 5.32 Å². The molecule has 130 valence electrons. The van der Waals surface area contributed by atoms with Crippen LogP contribution in [-0.2, 0) is 17.9 Å². The van der Waals surface area contributed by atoms with Crippen LogP contribution in [0.15, 0.2) is 36.8 Å². The number of carbonyl (C=O) groups excluding carboxylic acids is 1. The van der Waals surface area contributed by atoms with Crippen molar-refractivity contribution < 1.29 is 4.79 Å². The van der Waals surface area contributed by atoms with Gasteiger partial charge >= 0.3 is 0 Å². The third-order valence-corrected chi connectivity index (χ3v) is 4.41. The molecular formula is C16H16Cl2N6O. The minimum Gasteiger partial charge on any atom is -0.293 e. The number of amides is 1. The molecular weight excluding hydrogens is 363 g/mol. The predicted octanol–water partition coefficient (Wildman–Crippen LogP) is 3.17. The average Bonchev–Trinajstić information content (AvgIpc) is 3.15. The highest BCUT2D eigenvalue weighted by Gasteiger charge is 2.10. The van der Waals surface area contributed by atoms with Crippen molar-refractivity contribution in [1.82, 2.24) is 24.5 Å². The smallest absolute Gasteiger partial charge is 0.248 e. The summed E-state index contributed by atoms with van der Waals surface area (Å²) in [6.45, 7) is 2.77. The van der Waals surface area contributed by atoms with Crippen LogP contribution in [0.2, 0.25) is 10.0 Å². The molecule has 0 saturated heterocycles. The highest BCUT2D eigenvalue weighted by Crippen LogP contribution is 2.16. The summed E-state index contributed by atoms with van der Waals surface area (Å²) in [5.41, 5.74) is 1.76. The van der Waals surface area contributed by atoms with Crippen molar-refractivity contribution in [3.05, 3.63) is 58.1 Å². The summed E-state index contributed by atoms with van der Waals surface area (Å²) < 4.78 is 3.31. The Labute approximate surface area is 154 Å². The quantitative estimate of drug-likeness (QED) is 0.714.